The molecule has 2 aromatic rings. The molecule has 0 spiro atoms. The van der Waals surface area contributed by atoms with E-state index in [0.29, 0.717) is 19.1 Å². The number of halogens is 4. The SMILES string of the molecule is O=C(Nc1c(Br)cccc1Br)c1cc(Br)ccc1F. The molecule has 0 aliphatic carbocycles. The molecule has 0 unspecified atom stereocenters. The summed E-state index contributed by atoms with van der Waals surface area (Å²) in [6, 6.07) is 9.63. The number of anilines is 1. The van der Waals surface area contributed by atoms with Gasteiger partial charge in [0.2, 0.25) is 0 Å². The van der Waals surface area contributed by atoms with Crippen LogP contribution in [0.5, 0.6) is 0 Å². The molecule has 2 rings (SSSR count). The van der Waals surface area contributed by atoms with Gasteiger partial charge in [0.05, 0.1) is 11.3 Å². The Kier molecular flexibility index (Phi) is 4.76. The molecule has 0 saturated carbocycles. The van der Waals surface area contributed by atoms with E-state index in [1.165, 1.54) is 12.1 Å². The van der Waals surface area contributed by atoms with Crippen LogP contribution in [0.1, 0.15) is 10.4 Å². The van der Waals surface area contributed by atoms with Crippen molar-refractivity contribution >= 4 is 59.4 Å². The number of nitrogens with one attached hydrogen (secondary N) is 1. The molecule has 0 radical (unpaired) electrons. The zero-order chi connectivity index (χ0) is 14.0. The standard InChI is InChI=1S/C13H7Br3FNO/c14-7-4-5-11(17)8(6-7)13(19)18-12-9(15)2-1-3-10(12)16/h1-6H,(H,18,19). The summed E-state index contributed by atoms with van der Waals surface area (Å²) in [6.45, 7) is 0. The molecule has 0 saturated heterocycles. The number of amides is 1. The van der Waals surface area contributed by atoms with Crippen LogP contribution in [0.4, 0.5) is 10.1 Å². The average molecular weight is 452 g/mol. The highest BCUT2D eigenvalue weighted by molar-refractivity contribution is 9.11. The third kappa shape index (κ3) is 3.43. The summed E-state index contributed by atoms with van der Waals surface area (Å²) < 4.78 is 15.7. The number of rotatable bonds is 2. The van der Waals surface area contributed by atoms with E-state index >= 15 is 0 Å². The van der Waals surface area contributed by atoms with Crippen molar-refractivity contribution in [2.75, 3.05) is 5.32 Å². The lowest BCUT2D eigenvalue weighted by atomic mass is 10.2. The van der Waals surface area contributed by atoms with Crippen LogP contribution in [0.25, 0.3) is 0 Å². The highest BCUT2D eigenvalue weighted by atomic mass is 79.9. The number of hydrogen-bond acceptors (Lipinski definition) is 1. The predicted molar refractivity (Wildman–Crippen MR) is 83.9 cm³/mol. The van der Waals surface area contributed by atoms with Crippen LogP contribution in [0.2, 0.25) is 0 Å². The fourth-order valence-corrected chi connectivity index (χ4v) is 3.03. The Hall–Kier alpha value is -0.720. The molecule has 98 valence electrons. The quantitative estimate of drug-likeness (QED) is 0.653. The molecule has 2 nitrogen and oxygen atoms in total. The number of carbonyl (C=O) groups is 1. The van der Waals surface area contributed by atoms with E-state index in [1.807, 2.05) is 6.07 Å². The van der Waals surface area contributed by atoms with Crippen LogP contribution in [0, 0.1) is 5.82 Å². The zero-order valence-corrected chi connectivity index (χ0v) is 14.1. The second-order valence-electron chi connectivity index (χ2n) is 3.67. The lowest BCUT2D eigenvalue weighted by Crippen LogP contribution is -2.14. The molecule has 2 aromatic carbocycles. The second kappa shape index (κ2) is 6.15. The molecule has 0 atom stereocenters. The fraction of sp³-hybridized carbons (Fsp3) is 0. The van der Waals surface area contributed by atoms with Crippen LogP contribution in [0.15, 0.2) is 49.8 Å². The highest BCUT2D eigenvalue weighted by Crippen LogP contribution is 2.31. The Morgan fingerprint density at radius 3 is 2.32 bits per heavy atom. The minimum Gasteiger partial charge on any atom is -0.320 e. The van der Waals surface area contributed by atoms with Gasteiger partial charge in [0.15, 0.2) is 0 Å². The first kappa shape index (κ1) is 14.7. The van der Waals surface area contributed by atoms with Gasteiger partial charge in [0.25, 0.3) is 5.91 Å². The molecule has 0 aliphatic rings. The zero-order valence-electron chi connectivity index (χ0n) is 9.38. The molecular formula is C13H7Br3FNO. The van der Waals surface area contributed by atoms with Crippen molar-refractivity contribution in [2.24, 2.45) is 0 Å². The summed E-state index contributed by atoms with van der Waals surface area (Å²) >= 11 is 9.88. The summed E-state index contributed by atoms with van der Waals surface area (Å²) in [5.74, 6) is -1.07. The summed E-state index contributed by atoms with van der Waals surface area (Å²) in [5.41, 5.74) is 0.545. The molecule has 1 amide bonds. The summed E-state index contributed by atoms with van der Waals surface area (Å²) in [4.78, 5) is 12.1. The summed E-state index contributed by atoms with van der Waals surface area (Å²) in [6.07, 6.45) is 0. The van der Waals surface area contributed by atoms with Crippen LogP contribution in [-0.2, 0) is 0 Å². The van der Waals surface area contributed by atoms with E-state index < -0.39 is 11.7 Å². The first-order chi connectivity index (χ1) is 8.99. The van der Waals surface area contributed by atoms with Crippen molar-refractivity contribution < 1.29 is 9.18 Å². The molecule has 0 bridgehead atoms. The molecular weight excluding hydrogens is 445 g/mol. The largest absolute Gasteiger partial charge is 0.320 e. The van der Waals surface area contributed by atoms with E-state index in [9.17, 15) is 9.18 Å². The van der Waals surface area contributed by atoms with Gasteiger partial charge in [-0.25, -0.2) is 4.39 Å². The van der Waals surface area contributed by atoms with Gasteiger partial charge in [-0.2, -0.15) is 0 Å². The van der Waals surface area contributed by atoms with Gasteiger partial charge < -0.3 is 5.32 Å². The Morgan fingerprint density at radius 2 is 1.68 bits per heavy atom. The molecule has 6 heteroatoms. The molecule has 0 aromatic heterocycles. The lowest BCUT2D eigenvalue weighted by molar-refractivity contribution is 0.102. The van der Waals surface area contributed by atoms with Crippen molar-refractivity contribution in [3.63, 3.8) is 0 Å². The van der Waals surface area contributed by atoms with E-state index in [4.69, 9.17) is 0 Å². The third-order valence-electron chi connectivity index (χ3n) is 2.37. The Balaban J connectivity index is 2.34. The van der Waals surface area contributed by atoms with Gasteiger partial charge in [0, 0.05) is 13.4 Å². The lowest BCUT2D eigenvalue weighted by Gasteiger charge is -2.10. The predicted octanol–water partition coefficient (Wildman–Crippen LogP) is 5.37. The van der Waals surface area contributed by atoms with Gasteiger partial charge in [0.1, 0.15) is 5.82 Å². The molecule has 19 heavy (non-hydrogen) atoms. The normalized spacial score (nSPS) is 10.3. The van der Waals surface area contributed by atoms with Crippen molar-refractivity contribution in [1.82, 2.24) is 0 Å². The minimum atomic E-state index is -0.566. The van der Waals surface area contributed by atoms with Gasteiger partial charge >= 0.3 is 0 Å². The molecule has 0 fully saturated rings. The second-order valence-corrected chi connectivity index (χ2v) is 6.30. The van der Waals surface area contributed by atoms with Crippen LogP contribution >= 0.6 is 47.8 Å². The first-order valence-electron chi connectivity index (χ1n) is 5.19. The maximum absolute atomic E-state index is 13.6. The van der Waals surface area contributed by atoms with Crippen molar-refractivity contribution in [2.45, 2.75) is 0 Å². The Bertz CT molecular complexity index is 626. The third-order valence-corrected chi connectivity index (χ3v) is 4.19. The van der Waals surface area contributed by atoms with Crippen LogP contribution in [0.3, 0.4) is 0 Å². The fourth-order valence-electron chi connectivity index (χ4n) is 1.47. The van der Waals surface area contributed by atoms with E-state index in [0.717, 1.165) is 0 Å². The van der Waals surface area contributed by atoms with E-state index in [1.54, 1.807) is 18.2 Å². The number of para-hydroxylation sites is 1. The van der Waals surface area contributed by atoms with Crippen LogP contribution in [-0.4, -0.2) is 5.91 Å². The van der Waals surface area contributed by atoms with E-state index in [2.05, 4.69) is 53.1 Å². The molecule has 0 aliphatic heterocycles. The van der Waals surface area contributed by atoms with Gasteiger partial charge in [-0.3, -0.25) is 4.79 Å². The minimum absolute atomic E-state index is 0.0166. The maximum Gasteiger partial charge on any atom is 0.258 e. The number of carbonyl (C=O) groups excluding carboxylic acids is 1. The summed E-state index contributed by atoms with van der Waals surface area (Å²) in [5, 5.41) is 2.67. The molecule has 1 N–H and O–H groups in total. The number of hydrogen-bond donors (Lipinski definition) is 1. The smallest absolute Gasteiger partial charge is 0.258 e. The van der Waals surface area contributed by atoms with E-state index in [-0.39, 0.29) is 5.56 Å². The maximum atomic E-state index is 13.6. The summed E-state index contributed by atoms with van der Waals surface area (Å²) in [7, 11) is 0. The van der Waals surface area contributed by atoms with Crippen molar-refractivity contribution in [3.8, 4) is 0 Å². The first-order valence-corrected chi connectivity index (χ1v) is 7.57. The van der Waals surface area contributed by atoms with Gasteiger partial charge in [-0.1, -0.05) is 22.0 Å². The highest BCUT2D eigenvalue weighted by Gasteiger charge is 2.15. The van der Waals surface area contributed by atoms with Gasteiger partial charge in [-0.15, -0.1) is 0 Å². The monoisotopic (exact) mass is 449 g/mol. The van der Waals surface area contributed by atoms with Crippen molar-refractivity contribution in [3.05, 3.63) is 61.2 Å². The topological polar surface area (TPSA) is 29.1 Å². The number of benzene rings is 2. The van der Waals surface area contributed by atoms with Crippen molar-refractivity contribution in [1.29, 1.82) is 0 Å². The molecule has 0 heterocycles. The Labute approximate surface area is 134 Å². The average Bonchev–Trinajstić information content (AvgIpc) is 2.37. The Morgan fingerprint density at radius 1 is 1.05 bits per heavy atom. The van der Waals surface area contributed by atoms with Gasteiger partial charge in [-0.05, 0) is 62.2 Å². The van der Waals surface area contributed by atoms with Crippen LogP contribution < -0.4 is 5.32 Å².